The lowest BCUT2D eigenvalue weighted by Gasteiger charge is -2.40. The molecule has 0 spiro atoms. The van der Waals surface area contributed by atoms with Gasteiger partial charge in [0.15, 0.2) is 5.76 Å². The number of carbonyl (C=O) groups excluding carboxylic acids is 1. The summed E-state index contributed by atoms with van der Waals surface area (Å²) in [6.07, 6.45) is 3.89. The van der Waals surface area contributed by atoms with E-state index in [9.17, 15) is 9.90 Å². The van der Waals surface area contributed by atoms with Gasteiger partial charge in [-0.3, -0.25) is 4.79 Å². The van der Waals surface area contributed by atoms with Crippen molar-refractivity contribution < 1.29 is 19.4 Å². The van der Waals surface area contributed by atoms with Crippen molar-refractivity contribution in [3.8, 4) is 0 Å². The van der Waals surface area contributed by atoms with E-state index < -0.39 is 11.0 Å². The van der Waals surface area contributed by atoms with Crippen LogP contribution in [0.2, 0.25) is 0 Å². The first-order chi connectivity index (χ1) is 9.92. The lowest BCUT2D eigenvalue weighted by atomic mass is 9.71. The molecule has 21 heavy (non-hydrogen) atoms. The van der Waals surface area contributed by atoms with Crippen LogP contribution in [-0.4, -0.2) is 56.3 Å². The average molecular weight is 295 g/mol. The topological polar surface area (TPSA) is 59.0 Å². The molecule has 0 saturated heterocycles. The third kappa shape index (κ3) is 1.62. The van der Waals surface area contributed by atoms with Crippen molar-refractivity contribution in [3.05, 3.63) is 11.5 Å². The summed E-state index contributed by atoms with van der Waals surface area (Å²) in [7, 11) is 6.88. The molecule has 3 aliphatic rings. The standard InChI is InChI=1S/C16H25NO4/c1-17(2)9-15-8-10-6-5-7-11(10)16(15,19)14(21-4)12(20-3)13(15)18/h10-11,19H,5-9H2,1-4H3/t10-,11-,15+,16-/m1/s1. The van der Waals surface area contributed by atoms with E-state index >= 15 is 0 Å². The first-order valence-electron chi connectivity index (χ1n) is 7.67. The van der Waals surface area contributed by atoms with Gasteiger partial charge in [0.2, 0.25) is 11.5 Å². The summed E-state index contributed by atoms with van der Waals surface area (Å²) in [4.78, 5) is 15.0. The smallest absolute Gasteiger partial charge is 0.211 e. The zero-order chi connectivity index (χ0) is 15.4. The van der Waals surface area contributed by atoms with Gasteiger partial charge in [0.05, 0.1) is 19.6 Å². The summed E-state index contributed by atoms with van der Waals surface area (Å²) in [5.41, 5.74) is -2.03. The van der Waals surface area contributed by atoms with Crippen LogP contribution < -0.4 is 0 Å². The summed E-state index contributed by atoms with van der Waals surface area (Å²) in [5, 5.41) is 11.6. The Morgan fingerprint density at radius 2 is 2.00 bits per heavy atom. The Kier molecular flexibility index (Phi) is 3.33. The number of fused-ring (bicyclic) bond motifs is 3. The van der Waals surface area contributed by atoms with E-state index in [0.29, 0.717) is 18.2 Å². The highest BCUT2D eigenvalue weighted by molar-refractivity contribution is 6.04. The quantitative estimate of drug-likeness (QED) is 0.844. The Balaban J connectivity index is 2.16. The van der Waals surface area contributed by atoms with Gasteiger partial charge in [-0.1, -0.05) is 12.8 Å². The Morgan fingerprint density at radius 1 is 1.29 bits per heavy atom. The molecule has 0 heterocycles. The van der Waals surface area contributed by atoms with Crippen molar-refractivity contribution in [2.45, 2.75) is 31.3 Å². The van der Waals surface area contributed by atoms with Gasteiger partial charge in [0.25, 0.3) is 0 Å². The molecular weight excluding hydrogens is 270 g/mol. The Labute approximate surface area is 125 Å². The van der Waals surface area contributed by atoms with Gasteiger partial charge in [0, 0.05) is 6.54 Å². The number of carbonyl (C=O) groups is 1. The van der Waals surface area contributed by atoms with Crippen LogP contribution in [-0.2, 0) is 14.3 Å². The molecule has 0 amide bonds. The van der Waals surface area contributed by atoms with E-state index in [1.807, 2.05) is 19.0 Å². The molecule has 5 heteroatoms. The third-order valence-electron chi connectivity index (χ3n) is 5.72. The summed E-state index contributed by atoms with van der Waals surface area (Å²) >= 11 is 0. The normalized spacial score (nSPS) is 41.7. The van der Waals surface area contributed by atoms with E-state index in [1.165, 1.54) is 14.2 Å². The maximum absolute atomic E-state index is 13.0. The molecule has 0 aliphatic heterocycles. The number of allylic oxidation sites excluding steroid dienone is 1. The summed E-state index contributed by atoms with van der Waals surface area (Å²) < 4.78 is 10.8. The Bertz CT molecular complexity index is 501. The number of hydrogen-bond acceptors (Lipinski definition) is 5. The predicted molar refractivity (Wildman–Crippen MR) is 77.4 cm³/mol. The molecule has 0 bridgehead atoms. The van der Waals surface area contributed by atoms with Gasteiger partial charge >= 0.3 is 0 Å². The van der Waals surface area contributed by atoms with Crippen LogP contribution in [0.1, 0.15) is 25.7 Å². The van der Waals surface area contributed by atoms with Gasteiger partial charge in [0.1, 0.15) is 5.60 Å². The molecule has 1 N–H and O–H groups in total. The molecule has 0 radical (unpaired) electrons. The van der Waals surface area contributed by atoms with Gasteiger partial charge in [-0.2, -0.15) is 0 Å². The minimum Gasteiger partial charge on any atom is -0.494 e. The van der Waals surface area contributed by atoms with Crippen LogP contribution in [0.25, 0.3) is 0 Å². The van der Waals surface area contributed by atoms with Crippen LogP contribution in [0.15, 0.2) is 11.5 Å². The van der Waals surface area contributed by atoms with E-state index in [4.69, 9.17) is 9.47 Å². The van der Waals surface area contributed by atoms with Crippen molar-refractivity contribution in [2.75, 3.05) is 34.9 Å². The van der Waals surface area contributed by atoms with E-state index in [-0.39, 0.29) is 17.5 Å². The molecule has 2 saturated carbocycles. The van der Waals surface area contributed by atoms with Crippen molar-refractivity contribution >= 4 is 5.78 Å². The predicted octanol–water partition coefficient (Wildman–Crippen LogP) is 1.17. The SMILES string of the molecule is COC1=C(OC)[C@]2(O)[C@@H]3CCC[C@@H]3C[C@]2(CN(C)C)C1=O. The maximum atomic E-state index is 13.0. The highest BCUT2D eigenvalue weighted by Crippen LogP contribution is 2.66. The maximum Gasteiger partial charge on any atom is 0.211 e. The fourth-order valence-corrected chi connectivity index (χ4v) is 5.16. The summed E-state index contributed by atoms with van der Waals surface area (Å²) in [6.45, 7) is 0.523. The highest BCUT2D eigenvalue weighted by atomic mass is 16.5. The second-order valence-electron chi connectivity index (χ2n) is 6.98. The Hall–Kier alpha value is -1.07. The van der Waals surface area contributed by atoms with Gasteiger partial charge in [-0.05, 0) is 38.8 Å². The van der Waals surface area contributed by atoms with Crippen molar-refractivity contribution in [1.29, 1.82) is 0 Å². The Morgan fingerprint density at radius 3 is 2.57 bits per heavy atom. The number of Topliss-reactive ketones (excluding diaryl/α,β-unsaturated/α-hetero) is 1. The summed E-state index contributed by atoms with van der Waals surface area (Å²) in [6, 6.07) is 0. The van der Waals surface area contributed by atoms with Crippen molar-refractivity contribution in [2.24, 2.45) is 17.3 Å². The zero-order valence-corrected chi connectivity index (χ0v) is 13.3. The number of ketones is 1. The number of aliphatic hydroxyl groups is 1. The lowest BCUT2D eigenvalue weighted by molar-refractivity contribution is -0.141. The third-order valence-corrected chi connectivity index (χ3v) is 5.72. The van der Waals surface area contributed by atoms with Gasteiger partial charge < -0.3 is 19.5 Å². The lowest BCUT2D eigenvalue weighted by Crippen LogP contribution is -2.54. The van der Waals surface area contributed by atoms with Crippen LogP contribution in [0.5, 0.6) is 0 Å². The molecule has 118 valence electrons. The summed E-state index contributed by atoms with van der Waals surface area (Å²) in [5.74, 6) is 0.984. The van der Waals surface area contributed by atoms with E-state index in [1.54, 1.807) is 0 Å². The monoisotopic (exact) mass is 295 g/mol. The van der Waals surface area contributed by atoms with Crippen molar-refractivity contribution in [1.82, 2.24) is 4.90 Å². The number of rotatable bonds is 4. The van der Waals surface area contributed by atoms with E-state index in [2.05, 4.69) is 0 Å². The molecule has 3 rings (SSSR count). The molecule has 4 atom stereocenters. The molecule has 3 aliphatic carbocycles. The zero-order valence-electron chi connectivity index (χ0n) is 13.3. The largest absolute Gasteiger partial charge is 0.494 e. The fraction of sp³-hybridized carbons (Fsp3) is 0.812. The van der Waals surface area contributed by atoms with Gasteiger partial charge in [-0.25, -0.2) is 0 Å². The molecule has 5 nitrogen and oxygen atoms in total. The minimum absolute atomic E-state index is 0.0903. The fourth-order valence-electron chi connectivity index (χ4n) is 5.16. The molecule has 0 aromatic rings. The first-order valence-corrected chi connectivity index (χ1v) is 7.67. The number of methoxy groups -OCH3 is 2. The average Bonchev–Trinajstić information content (AvgIpc) is 3.00. The van der Waals surface area contributed by atoms with Crippen LogP contribution in [0.3, 0.4) is 0 Å². The number of hydrogen-bond donors (Lipinski definition) is 1. The number of ether oxygens (including phenoxy) is 2. The minimum atomic E-state index is -1.21. The van der Waals surface area contributed by atoms with Crippen LogP contribution in [0.4, 0.5) is 0 Å². The second kappa shape index (κ2) is 4.71. The molecular formula is C16H25NO4. The van der Waals surface area contributed by atoms with Gasteiger partial charge in [-0.15, -0.1) is 0 Å². The number of nitrogens with zero attached hydrogens (tertiary/aromatic N) is 1. The molecule has 0 aromatic heterocycles. The van der Waals surface area contributed by atoms with E-state index in [0.717, 1.165) is 25.7 Å². The highest BCUT2D eigenvalue weighted by Gasteiger charge is 2.74. The van der Waals surface area contributed by atoms with Crippen LogP contribution >= 0.6 is 0 Å². The first kappa shape index (κ1) is 14.9. The van der Waals surface area contributed by atoms with Crippen LogP contribution in [0, 0.1) is 17.3 Å². The molecule has 2 fully saturated rings. The second-order valence-corrected chi connectivity index (χ2v) is 6.98. The molecule has 0 aromatic carbocycles. The van der Waals surface area contributed by atoms with Crippen molar-refractivity contribution in [3.63, 3.8) is 0 Å². The molecule has 0 unspecified atom stereocenters.